The first-order valence-electron chi connectivity index (χ1n) is 5.87. The molecule has 0 radical (unpaired) electrons. The Morgan fingerprint density at radius 1 is 1.50 bits per heavy atom. The predicted molar refractivity (Wildman–Crippen MR) is 83.3 cm³/mol. The standard InChI is InChI=1S/C12H13IN2O4S/c1-6(2)5-19-12(17)15-7-4-8(11(16)18-3)20-9(7)10(13)14-15/h4,6H,5H2,1-3H3. The van der Waals surface area contributed by atoms with Gasteiger partial charge in [-0.05, 0) is 34.6 Å². The zero-order valence-corrected chi connectivity index (χ0v) is 14.1. The predicted octanol–water partition coefficient (Wildman–Crippen LogP) is 3.13. The number of esters is 1. The van der Waals surface area contributed by atoms with Crippen molar-refractivity contribution >= 4 is 56.2 Å². The fourth-order valence-corrected chi connectivity index (χ4v) is 3.27. The first-order valence-corrected chi connectivity index (χ1v) is 7.77. The molecule has 8 heteroatoms. The van der Waals surface area contributed by atoms with Crippen LogP contribution in [-0.4, -0.2) is 35.6 Å². The minimum Gasteiger partial charge on any atom is -0.465 e. The molecule has 0 aliphatic heterocycles. The fraction of sp³-hybridized carbons (Fsp3) is 0.417. The third kappa shape index (κ3) is 2.95. The molecule has 2 aromatic rings. The summed E-state index contributed by atoms with van der Waals surface area (Å²) < 4.78 is 12.4. The number of rotatable bonds is 3. The molecule has 0 amide bonds. The van der Waals surface area contributed by atoms with Crippen molar-refractivity contribution in [2.45, 2.75) is 13.8 Å². The van der Waals surface area contributed by atoms with Gasteiger partial charge in [0, 0.05) is 0 Å². The van der Waals surface area contributed by atoms with E-state index in [9.17, 15) is 9.59 Å². The molecule has 0 N–H and O–H groups in total. The van der Waals surface area contributed by atoms with Gasteiger partial charge in [-0.1, -0.05) is 13.8 Å². The van der Waals surface area contributed by atoms with Crippen molar-refractivity contribution in [1.82, 2.24) is 9.78 Å². The van der Waals surface area contributed by atoms with Gasteiger partial charge in [0.25, 0.3) is 0 Å². The summed E-state index contributed by atoms with van der Waals surface area (Å²) in [6.07, 6.45) is -0.541. The van der Waals surface area contributed by atoms with Gasteiger partial charge in [-0.3, -0.25) is 0 Å². The van der Waals surface area contributed by atoms with Crippen LogP contribution < -0.4 is 0 Å². The number of thiophene rings is 1. The first-order chi connectivity index (χ1) is 9.43. The maximum Gasteiger partial charge on any atom is 0.435 e. The Bertz CT molecular complexity index is 662. The minimum atomic E-state index is -0.541. The fourth-order valence-electron chi connectivity index (χ4n) is 1.51. The highest BCUT2D eigenvalue weighted by Gasteiger charge is 2.21. The summed E-state index contributed by atoms with van der Waals surface area (Å²) in [7, 11) is 1.32. The number of ether oxygens (including phenoxy) is 2. The molecule has 2 aromatic heterocycles. The third-order valence-electron chi connectivity index (χ3n) is 2.42. The van der Waals surface area contributed by atoms with Crippen LogP contribution in [0.2, 0.25) is 0 Å². The van der Waals surface area contributed by atoms with Crippen LogP contribution in [0.15, 0.2) is 6.07 Å². The van der Waals surface area contributed by atoms with E-state index in [0.717, 1.165) is 4.70 Å². The lowest BCUT2D eigenvalue weighted by Crippen LogP contribution is -2.17. The zero-order chi connectivity index (χ0) is 14.9. The molecule has 0 aliphatic rings. The quantitative estimate of drug-likeness (QED) is 0.577. The van der Waals surface area contributed by atoms with Gasteiger partial charge in [-0.25, -0.2) is 9.59 Å². The molecule has 2 heterocycles. The number of halogens is 1. The minimum absolute atomic E-state index is 0.247. The summed E-state index contributed by atoms with van der Waals surface area (Å²) in [5.41, 5.74) is 0.563. The summed E-state index contributed by atoms with van der Waals surface area (Å²) >= 11 is 3.27. The van der Waals surface area contributed by atoms with Crippen LogP contribution in [-0.2, 0) is 9.47 Å². The van der Waals surface area contributed by atoms with Crippen molar-refractivity contribution in [3.05, 3.63) is 14.6 Å². The summed E-state index contributed by atoms with van der Waals surface area (Å²) in [6, 6.07) is 1.59. The van der Waals surface area contributed by atoms with E-state index in [1.54, 1.807) is 6.07 Å². The topological polar surface area (TPSA) is 70.4 Å². The molecule has 0 saturated carbocycles. The van der Waals surface area contributed by atoms with Crippen molar-refractivity contribution in [3.63, 3.8) is 0 Å². The SMILES string of the molecule is COC(=O)c1cc2c(s1)c(I)nn2C(=O)OCC(C)C. The lowest BCUT2D eigenvalue weighted by Gasteiger charge is -2.06. The Morgan fingerprint density at radius 3 is 2.80 bits per heavy atom. The van der Waals surface area contributed by atoms with Gasteiger partial charge < -0.3 is 9.47 Å². The highest BCUT2D eigenvalue weighted by Crippen LogP contribution is 2.30. The number of hydrogen-bond acceptors (Lipinski definition) is 6. The molecule has 6 nitrogen and oxygen atoms in total. The van der Waals surface area contributed by atoms with Gasteiger partial charge in [0.2, 0.25) is 0 Å². The zero-order valence-electron chi connectivity index (χ0n) is 11.2. The molecule has 0 fully saturated rings. The van der Waals surface area contributed by atoms with Crippen LogP contribution in [0.25, 0.3) is 10.2 Å². The van der Waals surface area contributed by atoms with Crippen LogP contribution in [0.3, 0.4) is 0 Å². The molecule has 0 saturated heterocycles. The second-order valence-corrected chi connectivity index (χ2v) is 6.56. The van der Waals surface area contributed by atoms with Gasteiger partial charge >= 0.3 is 12.1 Å². The summed E-state index contributed by atoms with van der Waals surface area (Å²) in [6.45, 7) is 4.23. The second-order valence-electron chi connectivity index (χ2n) is 4.49. The van der Waals surface area contributed by atoms with Crippen molar-refractivity contribution in [3.8, 4) is 0 Å². The smallest absolute Gasteiger partial charge is 0.435 e. The molecular weight excluding hydrogens is 395 g/mol. The van der Waals surface area contributed by atoms with Crippen LogP contribution in [0.1, 0.15) is 23.5 Å². The molecule has 0 aliphatic carbocycles. The maximum absolute atomic E-state index is 12.0. The van der Waals surface area contributed by atoms with E-state index >= 15 is 0 Å². The van der Waals surface area contributed by atoms with E-state index in [2.05, 4.69) is 9.84 Å². The molecule has 0 spiro atoms. The Balaban J connectivity index is 2.36. The molecule has 0 atom stereocenters. The Morgan fingerprint density at radius 2 is 2.20 bits per heavy atom. The van der Waals surface area contributed by atoms with Gasteiger partial charge in [0.05, 0.1) is 23.9 Å². The van der Waals surface area contributed by atoms with Crippen LogP contribution in [0, 0.1) is 9.62 Å². The van der Waals surface area contributed by atoms with E-state index in [4.69, 9.17) is 4.74 Å². The highest BCUT2D eigenvalue weighted by molar-refractivity contribution is 14.1. The molecule has 0 unspecified atom stereocenters. The summed E-state index contributed by atoms with van der Waals surface area (Å²) in [5.74, 6) is -0.179. The van der Waals surface area contributed by atoms with E-state index in [1.807, 2.05) is 36.4 Å². The normalized spacial score (nSPS) is 11.1. The van der Waals surface area contributed by atoms with E-state index < -0.39 is 12.1 Å². The van der Waals surface area contributed by atoms with Crippen molar-refractivity contribution in [1.29, 1.82) is 0 Å². The average molecular weight is 408 g/mol. The highest BCUT2D eigenvalue weighted by atomic mass is 127. The van der Waals surface area contributed by atoms with E-state index in [0.29, 0.717) is 20.7 Å². The lowest BCUT2D eigenvalue weighted by atomic mass is 10.2. The van der Waals surface area contributed by atoms with Crippen molar-refractivity contribution in [2.75, 3.05) is 13.7 Å². The van der Waals surface area contributed by atoms with Crippen LogP contribution in [0.4, 0.5) is 4.79 Å². The summed E-state index contributed by atoms with van der Waals surface area (Å²) in [5, 5.41) is 4.14. The first kappa shape index (κ1) is 15.2. The van der Waals surface area contributed by atoms with Gasteiger partial charge in [0.15, 0.2) is 0 Å². The van der Waals surface area contributed by atoms with Gasteiger partial charge in [-0.15, -0.1) is 11.3 Å². The van der Waals surface area contributed by atoms with Gasteiger partial charge in [-0.2, -0.15) is 9.78 Å². The number of carbonyl (C=O) groups is 2. The van der Waals surface area contributed by atoms with Crippen molar-refractivity contribution in [2.24, 2.45) is 5.92 Å². The molecule has 20 heavy (non-hydrogen) atoms. The summed E-state index contributed by atoms with van der Waals surface area (Å²) in [4.78, 5) is 24.0. The Kier molecular flexibility index (Phi) is 4.63. The molecular formula is C12H13IN2O4S. The number of fused-ring (bicyclic) bond motifs is 1. The maximum atomic E-state index is 12.0. The number of aromatic nitrogens is 2. The van der Waals surface area contributed by atoms with Crippen molar-refractivity contribution < 1.29 is 19.1 Å². The molecule has 108 valence electrons. The number of hydrogen-bond donors (Lipinski definition) is 0. The van der Waals surface area contributed by atoms with E-state index in [1.165, 1.54) is 23.1 Å². The van der Waals surface area contributed by atoms with E-state index in [-0.39, 0.29) is 5.92 Å². The second kappa shape index (κ2) is 6.08. The number of nitrogens with zero attached hydrogens (tertiary/aromatic N) is 2. The van der Waals surface area contributed by atoms with Crippen LogP contribution >= 0.6 is 33.9 Å². The Hall–Kier alpha value is -1.16. The lowest BCUT2D eigenvalue weighted by molar-refractivity contribution is 0.0606. The largest absolute Gasteiger partial charge is 0.465 e. The molecule has 0 aromatic carbocycles. The number of carbonyl (C=O) groups excluding carboxylic acids is 2. The molecule has 2 rings (SSSR count). The average Bonchev–Trinajstić information content (AvgIpc) is 2.96. The van der Waals surface area contributed by atoms with Gasteiger partial charge in [0.1, 0.15) is 8.58 Å². The third-order valence-corrected chi connectivity index (χ3v) is 4.65. The van der Waals surface area contributed by atoms with Crippen LogP contribution in [0.5, 0.6) is 0 Å². The molecule has 0 bridgehead atoms. The Labute approximate surface area is 133 Å². The monoisotopic (exact) mass is 408 g/mol. The number of methoxy groups -OCH3 is 1.